The van der Waals surface area contributed by atoms with Gasteiger partial charge in [0.05, 0.1) is 19.8 Å². The Hall–Kier alpha value is -1.81. The molecular formula is C42H77O10P. The fourth-order valence-electron chi connectivity index (χ4n) is 5.60. The third kappa shape index (κ3) is 38.3. The van der Waals surface area contributed by atoms with Gasteiger partial charge in [-0.25, -0.2) is 4.57 Å². The van der Waals surface area contributed by atoms with Crippen LogP contribution in [-0.2, 0) is 32.7 Å². The Morgan fingerprint density at radius 1 is 0.585 bits per heavy atom. The number of phosphoric ester groups is 1. The van der Waals surface area contributed by atoms with Gasteiger partial charge in [0.1, 0.15) is 12.7 Å². The lowest BCUT2D eigenvalue weighted by Gasteiger charge is -2.20. The van der Waals surface area contributed by atoms with Crippen molar-refractivity contribution in [3.8, 4) is 0 Å². The molecule has 0 spiro atoms. The van der Waals surface area contributed by atoms with Crippen LogP contribution < -0.4 is 0 Å². The molecule has 0 aromatic rings. The number of phosphoric acid groups is 1. The van der Waals surface area contributed by atoms with Crippen molar-refractivity contribution in [1.82, 2.24) is 0 Å². The molecule has 10 nitrogen and oxygen atoms in total. The lowest BCUT2D eigenvalue weighted by atomic mass is 10.0. The molecule has 0 radical (unpaired) electrons. The van der Waals surface area contributed by atoms with Crippen LogP contribution in [0.25, 0.3) is 0 Å². The zero-order chi connectivity index (χ0) is 39.1. The van der Waals surface area contributed by atoms with E-state index in [-0.39, 0.29) is 19.4 Å². The number of carbonyl (C=O) groups excluding carboxylic acids is 2. The SMILES string of the molecule is CCC=CCC=CCC=CCCCCCCCCCC(=O)OC(COC(=O)CCCCCCCCCCCCCCC)COP(=O)(O)OCC(O)CO. The minimum Gasteiger partial charge on any atom is -0.462 e. The quantitative estimate of drug-likeness (QED) is 0.0238. The topological polar surface area (TPSA) is 149 Å². The highest BCUT2D eigenvalue weighted by Crippen LogP contribution is 2.43. The lowest BCUT2D eigenvalue weighted by Crippen LogP contribution is -2.29. The monoisotopic (exact) mass is 773 g/mol. The molecule has 0 saturated carbocycles. The molecule has 0 aliphatic rings. The van der Waals surface area contributed by atoms with Gasteiger partial charge in [-0.2, -0.15) is 0 Å². The van der Waals surface area contributed by atoms with Crippen LogP contribution in [0, 0.1) is 0 Å². The number of carbonyl (C=O) groups is 2. The standard InChI is InChI=1S/C42H77O10P/c1-3-5-7-9-11-13-15-17-18-19-20-22-24-26-28-30-32-34-42(46)52-40(38-51-53(47,48)50-36-39(44)35-43)37-49-41(45)33-31-29-27-25-23-21-16-14-12-10-8-6-4-2/h5,7,11,13,17-18,39-40,43-44H,3-4,6,8-10,12,14-16,19-38H2,1-2H3,(H,47,48). The molecule has 0 heterocycles. The van der Waals surface area contributed by atoms with Gasteiger partial charge in [0.25, 0.3) is 0 Å². The Kier molecular flexibility index (Phi) is 37.2. The Bertz CT molecular complexity index is 983. The van der Waals surface area contributed by atoms with E-state index < -0.39 is 51.8 Å². The minimum absolute atomic E-state index is 0.174. The first kappa shape index (κ1) is 51.2. The van der Waals surface area contributed by atoms with Crippen LogP contribution in [0.2, 0.25) is 0 Å². The van der Waals surface area contributed by atoms with Crippen molar-refractivity contribution < 1.29 is 47.8 Å². The van der Waals surface area contributed by atoms with Crippen molar-refractivity contribution in [3.05, 3.63) is 36.5 Å². The lowest BCUT2D eigenvalue weighted by molar-refractivity contribution is -0.161. The summed E-state index contributed by atoms with van der Waals surface area (Å²) in [5, 5.41) is 18.3. The van der Waals surface area contributed by atoms with Crippen LogP contribution in [0.5, 0.6) is 0 Å². The summed E-state index contributed by atoms with van der Waals surface area (Å²) >= 11 is 0. The van der Waals surface area contributed by atoms with Crippen molar-refractivity contribution in [3.63, 3.8) is 0 Å². The molecule has 0 rings (SSSR count). The molecule has 53 heavy (non-hydrogen) atoms. The van der Waals surface area contributed by atoms with Crippen LogP contribution in [0.4, 0.5) is 0 Å². The summed E-state index contributed by atoms with van der Waals surface area (Å²) in [6.45, 7) is 2.26. The maximum absolute atomic E-state index is 12.6. The number of ether oxygens (including phenoxy) is 2. The van der Waals surface area contributed by atoms with Crippen molar-refractivity contribution in [2.45, 2.75) is 193 Å². The first-order chi connectivity index (χ1) is 25.7. The second kappa shape index (κ2) is 38.5. The number of allylic oxidation sites excluding steroid dienone is 6. The van der Waals surface area contributed by atoms with Gasteiger partial charge in [-0.15, -0.1) is 0 Å². The number of aliphatic hydroxyl groups is 2. The number of rotatable bonds is 39. The summed E-state index contributed by atoms with van der Waals surface area (Å²) in [4.78, 5) is 34.9. The normalized spacial score (nSPS) is 14.3. The van der Waals surface area contributed by atoms with E-state index in [0.717, 1.165) is 70.6 Å². The number of unbranched alkanes of at least 4 members (excludes halogenated alkanes) is 19. The highest BCUT2D eigenvalue weighted by atomic mass is 31.2. The zero-order valence-electron chi connectivity index (χ0n) is 33.5. The summed E-state index contributed by atoms with van der Waals surface area (Å²) < 4.78 is 32.7. The van der Waals surface area contributed by atoms with Crippen molar-refractivity contribution in [2.75, 3.05) is 26.4 Å². The van der Waals surface area contributed by atoms with Gasteiger partial charge < -0.3 is 24.6 Å². The van der Waals surface area contributed by atoms with Gasteiger partial charge in [0, 0.05) is 12.8 Å². The highest BCUT2D eigenvalue weighted by molar-refractivity contribution is 7.47. The van der Waals surface area contributed by atoms with E-state index in [9.17, 15) is 24.2 Å². The van der Waals surface area contributed by atoms with Crippen molar-refractivity contribution in [1.29, 1.82) is 0 Å². The van der Waals surface area contributed by atoms with Crippen molar-refractivity contribution >= 4 is 19.8 Å². The molecule has 0 aliphatic carbocycles. The highest BCUT2D eigenvalue weighted by Gasteiger charge is 2.27. The first-order valence-electron chi connectivity index (χ1n) is 20.9. The predicted octanol–water partition coefficient (Wildman–Crippen LogP) is 10.8. The van der Waals surface area contributed by atoms with E-state index in [1.807, 2.05) is 0 Å². The van der Waals surface area contributed by atoms with E-state index in [1.165, 1.54) is 70.6 Å². The van der Waals surface area contributed by atoms with Crippen LogP contribution >= 0.6 is 7.82 Å². The summed E-state index contributed by atoms with van der Waals surface area (Å²) in [5.41, 5.74) is 0. The smallest absolute Gasteiger partial charge is 0.462 e. The Labute approximate surface area is 322 Å². The van der Waals surface area contributed by atoms with E-state index in [1.54, 1.807) is 0 Å². The summed E-state index contributed by atoms with van der Waals surface area (Å²) in [7, 11) is -4.62. The fourth-order valence-corrected chi connectivity index (χ4v) is 6.39. The maximum Gasteiger partial charge on any atom is 0.472 e. The molecule has 3 unspecified atom stereocenters. The molecule has 0 aromatic carbocycles. The van der Waals surface area contributed by atoms with Gasteiger partial charge in [-0.1, -0.05) is 159 Å². The number of hydrogen-bond acceptors (Lipinski definition) is 9. The predicted molar refractivity (Wildman–Crippen MR) is 214 cm³/mol. The molecule has 3 N–H and O–H groups in total. The molecular weight excluding hydrogens is 695 g/mol. The van der Waals surface area contributed by atoms with Gasteiger partial charge >= 0.3 is 19.8 Å². The van der Waals surface area contributed by atoms with Gasteiger partial charge in [-0.05, 0) is 44.9 Å². The Balaban J connectivity index is 4.32. The summed E-state index contributed by atoms with van der Waals surface area (Å²) in [5.74, 6) is -0.933. The largest absolute Gasteiger partial charge is 0.472 e. The molecule has 0 aliphatic heterocycles. The third-order valence-corrected chi connectivity index (χ3v) is 9.76. The summed E-state index contributed by atoms with van der Waals surface area (Å²) in [6.07, 6.45) is 38.2. The fraction of sp³-hybridized carbons (Fsp3) is 0.810. The van der Waals surface area contributed by atoms with Crippen LogP contribution in [0.1, 0.15) is 181 Å². The average molecular weight is 773 g/mol. The Morgan fingerprint density at radius 2 is 1.04 bits per heavy atom. The molecule has 0 bridgehead atoms. The second-order valence-electron chi connectivity index (χ2n) is 14.0. The molecule has 310 valence electrons. The molecule has 11 heteroatoms. The van der Waals surface area contributed by atoms with Crippen molar-refractivity contribution in [2.24, 2.45) is 0 Å². The Morgan fingerprint density at radius 3 is 1.57 bits per heavy atom. The van der Waals surface area contributed by atoms with Gasteiger partial charge in [0.2, 0.25) is 0 Å². The summed E-state index contributed by atoms with van der Waals surface area (Å²) in [6, 6.07) is 0. The van der Waals surface area contributed by atoms with E-state index in [0.29, 0.717) is 12.8 Å². The zero-order valence-corrected chi connectivity index (χ0v) is 34.4. The second-order valence-corrected chi connectivity index (χ2v) is 15.4. The van der Waals surface area contributed by atoms with Gasteiger partial charge in [0.15, 0.2) is 6.10 Å². The van der Waals surface area contributed by atoms with Crippen LogP contribution in [0.15, 0.2) is 36.5 Å². The number of aliphatic hydroxyl groups excluding tert-OH is 2. The van der Waals surface area contributed by atoms with E-state index in [2.05, 4.69) is 54.8 Å². The molecule has 0 amide bonds. The average Bonchev–Trinajstić information content (AvgIpc) is 3.14. The molecule has 0 saturated heterocycles. The third-order valence-electron chi connectivity index (χ3n) is 8.81. The maximum atomic E-state index is 12.6. The van der Waals surface area contributed by atoms with E-state index >= 15 is 0 Å². The van der Waals surface area contributed by atoms with Gasteiger partial charge in [-0.3, -0.25) is 18.6 Å². The molecule has 3 atom stereocenters. The minimum atomic E-state index is -4.62. The first-order valence-corrected chi connectivity index (χ1v) is 22.4. The number of hydrogen-bond donors (Lipinski definition) is 3. The van der Waals surface area contributed by atoms with Crippen LogP contribution in [-0.4, -0.2) is 65.7 Å². The molecule has 0 fully saturated rings. The number of esters is 2. The molecule has 0 aromatic heterocycles. The van der Waals surface area contributed by atoms with Crippen LogP contribution in [0.3, 0.4) is 0 Å². The van der Waals surface area contributed by atoms with E-state index in [4.69, 9.17) is 19.1 Å².